The summed E-state index contributed by atoms with van der Waals surface area (Å²) >= 11 is 1.43. The highest BCUT2D eigenvalue weighted by molar-refractivity contribution is 7.91. The Balaban J connectivity index is 2.41. The molecule has 0 aliphatic heterocycles. The Morgan fingerprint density at radius 3 is 2.58 bits per heavy atom. The van der Waals surface area contributed by atoms with Gasteiger partial charge in [-0.3, -0.25) is 10.1 Å². The number of hydrogen-bond acceptors (Lipinski definition) is 7. The highest BCUT2D eigenvalue weighted by Crippen LogP contribution is 2.32. The second-order valence-corrected chi connectivity index (χ2v) is 7.91. The van der Waals surface area contributed by atoms with Gasteiger partial charge in [0.2, 0.25) is 9.84 Å². The molecule has 1 aromatic heterocycles. The zero-order valence-electron chi connectivity index (χ0n) is 12.6. The van der Waals surface area contributed by atoms with E-state index in [4.69, 9.17) is 0 Å². The first-order valence-corrected chi connectivity index (χ1v) is 8.98. The SMILES string of the molecule is Cc1nc(CN(C)c2ccc(S(=O)(=O)C(F)F)cc2[N+](=O)[O-])cs1. The molecule has 2 aromatic rings. The van der Waals surface area contributed by atoms with Crippen molar-refractivity contribution >= 4 is 32.5 Å². The quantitative estimate of drug-likeness (QED) is 0.567. The molecule has 0 unspecified atom stereocenters. The van der Waals surface area contributed by atoms with Crippen LogP contribution in [-0.4, -0.2) is 31.1 Å². The minimum atomic E-state index is -4.90. The van der Waals surface area contributed by atoms with Crippen LogP contribution in [0.2, 0.25) is 0 Å². The van der Waals surface area contributed by atoms with Crippen LogP contribution in [0, 0.1) is 17.0 Å². The molecule has 2 rings (SSSR count). The van der Waals surface area contributed by atoms with E-state index in [2.05, 4.69) is 4.98 Å². The summed E-state index contributed by atoms with van der Waals surface area (Å²) in [7, 11) is -3.33. The van der Waals surface area contributed by atoms with Crippen molar-refractivity contribution in [3.8, 4) is 0 Å². The number of nitro groups is 1. The van der Waals surface area contributed by atoms with Crippen LogP contribution in [0.5, 0.6) is 0 Å². The Morgan fingerprint density at radius 1 is 1.42 bits per heavy atom. The fraction of sp³-hybridized carbons (Fsp3) is 0.308. The molecule has 0 amide bonds. The molecule has 0 spiro atoms. The Bertz CT molecular complexity index is 868. The molecule has 1 heterocycles. The molecular weight excluding hydrogens is 364 g/mol. The number of hydrogen-bond donors (Lipinski definition) is 0. The van der Waals surface area contributed by atoms with E-state index in [0.717, 1.165) is 17.1 Å². The third-order valence-electron chi connectivity index (χ3n) is 3.18. The van der Waals surface area contributed by atoms with Gasteiger partial charge in [-0.05, 0) is 19.1 Å². The molecule has 7 nitrogen and oxygen atoms in total. The first kappa shape index (κ1) is 18.2. The third kappa shape index (κ3) is 3.67. The number of alkyl halides is 2. The molecule has 130 valence electrons. The van der Waals surface area contributed by atoms with Crippen LogP contribution in [0.3, 0.4) is 0 Å². The van der Waals surface area contributed by atoms with Gasteiger partial charge in [0, 0.05) is 18.5 Å². The normalized spacial score (nSPS) is 11.7. The molecule has 0 aliphatic rings. The summed E-state index contributed by atoms with van der Waals surface area (Å²) in [5.41, 5.74) is 0.239. The average Bonchev–Trinajstić information content (AvgIpc) is 2.91. The lowest BCUT2D eigenvalue weighted by Crippen LogP contribution is -2.19. The van der Waals surface area contributed by atoms with E-state index in [-0.39, 0.29) is 12.2 Å². The summed E-state index contributed by atoms with van der Waals surface area (Å²) in [5.74, 6) is -3.64. The summed E-state index contributed by atoms with van der Waals surface area (Å²) in [6.07, 6.45) is 0. The molecule has 0 fully saturated rings. The van der Waals surface area contributed by atoms with Gasteiger partial charge in [-0.2, -0.15) is 8.78 Å². The minimum Gasteiger partial charge on any atom is -0.363 e. The number of benzene rings is 1. The summed E-state index contributed by atoms with van der Waals surface area (Å²) in [5, 5.41) is 13.9. The van der Waals surface area contributed by atoms with Gasteiger partial charge in [-0.25, -0.2) is 13.4 Å². The zero-order chi connectivity index (χ0) is 18.1. The van der Waals surface area contributed by atoms with E-state index < -0.39 is 31.1 Å². The summed E-state index contributed by atoms with van der Waals surface area (Å²) < 4.78 is 48.2. The fourth-order valence-electron chi connectivity index (χ4n) is 2.06. The first-order valence-electron chi connectivity index (χ1n) is 6.55. The molecule has 0 saturated heterocycles. The monoisotopic (exact) mass is 377 g/mol. The van der Waals surface area contributed by atoms with Crippen LogP contribution in [0.25, 0.3) is 0 Å². The van der Waals surface area contributed by atoms with Gasteiger partial charge in [0.25, 0.3) is 5.69 Å². The van der Waals surface area contributed by atoms with Gasteiger partial charge in [0.05, 0.1) is 27.1 Å². The van der Waals surface area contributed by atoms with E-state index >= 15 is 0 Å². The molecule has 0 bridgehead atoms. The van der Waals surface area contributed by atoms with Crippen molar-refractivity contribution in [3.05, 3.63) is 44.4 Å². The standard InChI is InChI=1S/C13H13F2N3O4S2/c1-8-16-9(7-23-8)6-17(2)11-4-3-10(5-12(11)18(19)20)24(21,22)13(14)15/h3-5,7,13H,6H2,1-2H3. The van der Waals surface area contributed by atoms with Crippen LogP contribution in [0.4, 0.5) is 20.2 Å². The largest absolute Gasteiger partial charge is 0.363 e. The lowest BCUT2D eigenvalue weighted by atomic mass is 10.2. The number of rotatable bonds is 6. The molecule has 11 heteroatoms. The Hall–Kier alpha value is -2.14. The van der Waals surface area contributed by atoms with Crippen molar-refractivity contribution in [2.45, 2.75) is 24.1 Å². The molecule has 0 radical (unpaired) electrons. The molecule has 24 heavy (non-hydrogen) atoms. The van der Waals surface area contributed by atoms with E-state index in [9.17, 15) is 27.3 Å². The van der Waals surface area contributed by atoms with Crippen molar-refractivity contribution in [1.29, 1.82) is 0 Å². The van der Waals surface area contributed by atoms with Gasteiger partial charge >= 0.3 is 5.76 Å². The van der Waals surface area contributed by atoms with Gasteiger partial charge in [0.15, 0.2) is 0 Å². The molecule has 1 aromatic carbocycles. The Labute approximate surface area is 140 Å². The lowest BCUT2D eigenvalue weighted by molar-refractivity contribution is -0.384. The highest BCUT2D eigenvalue weighted by atomic mass is 32.2. The van der Waals surface area contributed by atoms with Crippen molar-refractivity contribution in [2.75, 3.05) is 11.9 Å². The van der Waals surface area contributed by atoms with E-state index in [0.29, 0.717) is 11.8 Å². The molecule has 0 saturated carbocycles. The average molecular weight is 377 g/mol. The van der Waals surface area contributed by atoms with Gasteiger partial charge in [-0.15, -0.1) is 11.3 Å². The van der Waals surface area contributed by atoms with Crippen molar-refractivity contribution in [3.63, 3.8) is 0 Å². The van der Waals surface area contributed by atoms with E-state index in [1.165, 1.54) is 16.2 Å². The van der Waals surface area contributed by atoms with Gasteiger partial charge < -0.3 is 4.90 Å². The number of nitrogens with zero attached hydrogens (tertiary/aromatic N) is 3. The Kier molecular flexibility index (Phi) is 5.13. The van der Waals surface area contributed by atoms with Crippen LogP contribution in [-0.2, 0) is 16.4 Å². The number of aryl methyl sites for hydroxylation is 1. The number of anilines is 1. The summed E-state index contributed by atoms with van der Waals surface area (Å²) in [6, 6.07) is 2.73. The Morgan fingerprint density at radius 2 is 2.08 bits per heavy atom. The maximum atomic E-state index is 12.6. The number of thiazole rings is 1. The second kappa shape index (κ2) is 6.77. The third-order valence-corrected chi connectivity index (χ3v) is 5.39. The van der Waals surface area contributed by atoms with Crippen LogP contribution in [0.15, 0.2) is 28.5 Å². The predicted octanol–water partition coefficient (Wildman–Crippen LogP) is 2.99. The maximum Gasteiger partial charge on any atom is 0.341 e. The molecular formula is C13H13F2N3O4S2. The topological polar surface area (TPSA) is 93.4 Å². The number of nitro benzene ring substituents is 1. The highest BCUT2D eigenvalue weighted by Gasteiger charge is 2.30. The number of halogens is 2. The lowest BCUT2D eigenvalue weighted by Gasteiger charge is -2.18. The van der Waals surface area contributed by atoms with E-state index in [1.54, 1.807) is 12.4 Å². The summed E-state index contributed by atoms with van der Waals surface area (Å²) in [6.45, 7) is 2.08. The van der Waals surface area contributed by atoms with Gasteiger partial charge in [-0.1, -0.05) is 0 Å². The minimum absolute atomic E-state index is 0.110. The molecule has 0 N–H and O–H groups in total. The smallest absolute Gasteiger partial charge is 0.341 e. The maximum absolute atomic E-state index is 12.6. The fourth-order valence-corrected chi connectivity index (χ4v) is 3.40. The number of aromatic nitrogens is 1. The van der Waals surface area contributed by atoms with E-state index in [1.807, 2.05) is 6.92 Å². The zero-order valence-corrected chi connectivity index (χ0v) is 14.3. The summed E-state index contributed by atoms with van der Waals surface area (Å²) in [4.78, 5) is 15.4. The molecule has 0 aliphatic carbocycles. The van der Waals surface area contributed by atoms with Crippen molar-refractivity contribution in [1.82, 2.24) is 4.98 Å². The van der Waals surface area contributed by atoms with Crippen molar-refractivity contribution < 1.29 is 22.1 Å². The number of sulfone groups is 1. The van der Waals surface area contributed by atoms with Gasteiger partial charge in [0.1, 0.15) is 5.69 Å². The molecule has 0 atom stereocenters. The van der Waals surface area contributed by atoms with Crippen LogP contribution >= 0.6 is 11.3 Å². The van der Waals surface area contributed by atoms with Crippen LogP contribution in [0.1, 0.15) is 10.7 Å². The predicted molar refractivity (Wildman–Crippen MR) is 85.2 cm³/mol. The van der Waals surface area contributed by atoms with Crippen molar-refractivity contribution in [2.24, 2.45) is 0 Å². The second-order valence-electron chi connectivity index (χ2n) is 4.93. The first-order chi connectivity index (χ1) is 11.1. The van der Waals surface area contributed by atoms with Crippen LogP contribution < -0.4 is 4.90 Å².